The van der Waals surface area contributed by atoms with Gasteiger partial charge in [-0.1, -0.05) is 11.6 Å². The maximum atomic E-state index is 11.8. The first-order valence-corrected chi connectivity index (χ1v) is 6.95. The van der Waals surface area contributed by atoms with Crippen LogP contribution in [0.15, 0.2) is 0 Å². The van der Waals surface area contributed by atoms with Gasteiger partial charge in [0.05, 0.1) is 5.92 Å². The van der Waals surface area contributed by atoms with E-state index in [2.05, 4.69) is 0 Å². The number of carbonyl (C=O) groups excluding carboxylic acids is 2. The first kappa shape index (κ1) is 16.1. The Morgan fingerprint density at radius 1 is 1.26 bits per heavy atom. The summed E-state index contributed by atoms with van der Waals surface area (Å²) in [5.74, 6) is -0.466. The van der Waals surface area contributed by atoms with Crippen LogP contribution < -0.4 is 0 Å². The van der Waals surface area contributed by atoms with E-state index in [1.807, 2.05) is 20.8 Å². The van der Waals surface area contributed by atoms with E-state index in [0.29, 0.717) is 25.9 Å². The van der Waals surface area contributed by atoms with Gasteiger partial charge in [-0.25, -0.2) is 4.79 Å². The molecule has 0 aromatic rings. The lowest BCUT2D eigenvalue weighted by molar-refractivity contribution is -0.151. The number of esters is 1. The number of ether oxygens (including phenoxy) is 2. The third-order valence-electron chi connectivity index (χ3n) is 2.76. The lowest BCUT2D eigenvalue weighted by Gasteiger charge is -2.32. The number of nitrogens with zero attached hydrogens (tertiary/aromatic N) is 1. The summed E-state index contributed by atoms with van der Waals surface area (Å²) in [5.41, 5.74) is -1.11. The average Bonchev–Trinajstić information content (AvgIpc) is 2.26. The van der Waals surface area contributed by atoms with Crippen molar-refractivity contribution in [3.8, 4) is 0 Å². The Bertz CT molecular complexity index is 330. The SMILES string of the molecule is C[C@H](Cl)OC(=O)C1CCN(C(=O)OC(C)(C)C)CC1. The number of carbonyl (C=O) groups is 2. The van der Waals surface area contributed by atoms with Crippen molar-refractivity contribution in [2.24, 2.45) is 5.92 Å². The van der Waals surface area contributed by atoms with Crippen LogP contribution >= 0.6 is 11.6 Å². The Kier molecular flexibility index (Phi) is 5.47. The van der Waals surface area contributed by atoms with Gasteiger partial charge >= 0.3 is 12.1 Å². The minimum Gasteiger partial charge on any atom is -0.446 e. The van der Waals surface area contributed by atoms with E-state index in [9.17, 15) is 9.59 Å². The molecule has 1 amide bonds. The lowest BCUT2D eigenvalue weighted by atomic mass is 9.97. The van der Waals surface area contributed by atoms with Crippen molar-refractivity contribution in [3.63, 3.8) is 0 Å². The summed E-state index contributed by atoms with van der Waals surface area (Å²) >= 11 is 5.62. The van der Waals surface area contributed by atoms with Gasteiger partial charge < -0.3 is 14.4 Å². The molecule has 0 aromatic carbocycles. The molecule has 0 N–H and O–H groups in total. The second-order valence-electron chi connectivity index (χ2n) is 5.72. The van der Waals surface area contributed by atoms with Gasteiger partial charge in [-0.15, -0.1) is 0 Å². The fourth-order valence-corrected chi connectivity index (χ4v) is 1.97. The van der Waals surface area contributed by atoms with Crippen molar-refractivity contribution in [2.75, 3.05) is 13.1 Å². The van der Waals surface area contributed by atoms with Gasteiger partial charge in [0.1, 0.15) is 5.60 Å². The molecule has 110 valence electrons. The molecular formula is C13H22ClNO4. The molecule has 0 bridgehead atoms. The molecule has 0 saturated carbocycles. The van der Waals surface area contributed by atoms with Gasteiger partial charge in [-0.3, -0.25) is 4.79 Å². The highest BCUT2D eigenvalue weighted by Gasteiger charge is 2.31. The Hall–Kier alpha value is -0.970. The molecule has 1 aliphatic heterocycles. The number of likely N-dealkylation sites (tertiary alicyclic amines) is 1. The number of hydrogen-bond donors (Lipinski definition) is 0. The second kappa shape index (κ2) is 6.46. The number of hydrogen-bond acceptors (Lipinski definition) is 4. The van der Waals surface area contributed by atoms with Crippen molar-refractivity contribution in [2.45, 2.75) is 51.7 Å². The van der Waals surface area contributed by atoms with Gasteiger partial charge in [-0.2, -0.15) is 0 Å². The summed E-state index contributed by atoms with van der Waals surface area (Å²) in [7, 11) is 0. The zero-order valence-corrected chi connectivity index (χ0v) is 12.7. The Morgan fingerprint density at radius 3 is 2.21 bits per heavy atom. The summed E-state index contributed by atoms with van der Waals surface area (Å²) in [5, 5.41) is 0. The van der Waals surface area contributed by atoms with Gasteiger partial charge in [-0.05, 0) is 40.5 Å². The molecule has 1 heterocycles. The number of rotatable bonds is 2. The van der Waals surface area contributed by atoms with Gasteiger partial charge in [0.2, 0.25) is 0 Å². The minimum atomic E-state index is -0.614. The Labute approximate surface area is 119 Å². The predicted molar refractivity (Wildman–Crippen MR) is 71.9 cm³/mol. The van der Waals surface area contributed by atoms with E-state index < -0.39 is 11.2 Å². The van der Waals surface area contributed by atoms with E-state index in [4.69, 9.17) is 21.1 Å². The van der Waals surface area contributed by atoms with E-state index >= 15 is 0 Å². The number of halogens is 1. The van der Waals surface area contributed by atoms with Crippen LogP contribution in [0, 0.1) is 5.92 Å². The van der Waals surface area contributed by atoms with Crippen LogP contribution in [0.4, 0.5) is 4.79 Å². The molecule has 1 rings (SSSR count). The first-order chi connectivity index (χ1) is 8.69. The summed E-state index contributed by atoms with van der Waals surface area (Å²) < 4.78 is 10.2. The normalized spacial score (nSPS) is 18.9. The molecule has 0 spiro atoms. The Balaban J connectivity index is 2.40. The number of amides is 1. The molecule has 0 radical (unpaired) electrons. The van der Waals surface area contributed by atoms with Crippen molar-refractivity contribution < 1.29 is 19.1 Å². The predicted octanol–water partition coefficient (Wildman–Crippen LogP) is 2.76. The molecule has 1 aliphatic rings. The quantitative estimate of drug-likeness (QED) is 0.580. The van der Waals surface area contributed by atoms with Crippen LogP contribution in [-0.4, -0.2) is 41.2 Å². The van der Waals surface area contributed by atoms with Gasteiger partial charge in [0.15, 0.2) is 5.56 Å². The highest BCUT2D eigenvalue weighted by molar-refractivity contribution is 6.19. The average molecular weight is 292 g/mol. The topological polar surface area (TPSA) is 55.8 Å². The molecule has 1 saturated heterocycles. The monoisotopic (exact) mass is 291 g/mol. The number of alkyl halides is 1. The van der Waals surface area contributed by atoms with Crippen LogP contribution in [0.2, 0.25) is 0 Å². The maximum Gasteiger partial charge on any atom is 0.410 e. The zero-order chi connectivity index (χ0) is 14.6. The fourth-order valence-electron chi connectivity index (χ4n) is 1.88. The van der Waals surface area contributed by atoms with Crippen molar-refractivity contribution in [1.29, 1.82) is 0 Å². The van der Waals surface area contributed by atoms with Crippen molar-refractivity contribution in [3.05, 3.63) is 0 Å². The van der Waals surface area contributed by atoms with E-state index in [1.54, 1.807) is 11.8 Å². The molecule has 0 aromatic heterocycles. The summed E-state index contributed by atoms with van der Waals surface area (Å²) in [4.78, 5) is 25.1. The molecule has 0 aliphatic carbocycles. The van der Waals surface area contributed by atoms with Crippen LogP contribution in [0.1, 0.15) is 40.5 Å². The molecular weight excluding hydrogens is 270 g/mol. The summed E-state index contributed by atoms with van der Waals surface area (Å²) in [6.45, 7) is 8.11. The standard InChI is InChI=1S/C13H22ClNO4/c1-9(14)18-11(16)10-5-7-15(8-6-10)12(17)19-13(2,3)4/h9-10H,5-8H2,1-4H3/t9-/m1/s1. The fraction of sp³-hybridized carbons (Fsp3) is 0.846. The largest absolute Gasteiger partial charge is 0.446 e. The summed E-state index contributed by atoms with van der Waals surface area (Å²) in [6.07, 6.45) is 0.841. The van der Waals surface area contributed by atoms with E-state index in [-0.39, 0.29) is 18.0 Å². The Morgan fingerprint density at radius 2 is 1.79 bits per heavy atom. The molecule has 1 atom stereocenters. The van der Waals surface area contributed by atoms with E-state index in [0.717, 1.165) is 0 Å². The van der Waals surface area contributed by atoms with Gasteiger partial charge in [0.25, 0.3) is 0 Å². The molecule has 5 nitrogen and oxygen atoms in total. The number of piperidine rings is 1. The van der Waals surface area contributed by atoms with Gasteiger partial charge in [0, 0.05) is 13.1 Å². The van der Waals surface area contributed by atoms with Crippen molar-refractivity contribution in [1.82, 2.24) is 4.90 Å². The minimum absolute atomic E-state index is 0.181. The third-order valence-corrected chi connectivity index (χ3v) is 2.85. The summed E-state index contributed by atoms with van der Waals surface area (Å²) in [6, 6.07) is 0. The lowest BCUT2D eigenvalue weighted by Crippen LogP contribution is -2.43. The molecule has 6 heteroatoms. The second-order valence-corrected chi connectivity index (χ2v) is 6.34. The maximum absolute atomic E-state index is 11.8. The van der Waals surface area contributed by atoms with E-state index in [1.165, 1.54) is 0 Å². The smallest absolute Gasteiger partial charge is 0.410 e. The van der Waals surface area contributed by atoms with Crippen LogP contribution in [0.3, 0.4) is 0 Å². The molecule has 0 unspecified atom stereocenters. The van der Waals surface area contributed by atoms with Crippen LogP contribution in [0.25, 0.3) is 0 Å². The van der Waals surface area contributed by atoms with Crippen molar-refractivity contribution >= 4 is 23.7 Å². The highest BCUT2D eigenvalue weighted by Crippen LogP contribution is 2.21. The highest BCUT2D eigenvalue weighted by atomic mass is 35.5. The third kappa shape index (κ3) is 5.68. The zero-order valence-electron chi connectivity index (χ0n) is 11.9. The molecule has 19 heavy (non-hydrogen) atoms. The molecule has 1 fully saturated rings. The first-order valence-electron chi connectivity index (χ1n) is 6.51. The van der Waals surface area contributed by atoms with Crippen LogP contribution in [0.5, 0.6) is 0 Å². The van der Waals surface area contributed by atoms with Crippen LogP contribution in [-0.2, 0) is 14.3 Å².